The van der Waals surface area contributed by atoms with Gasteiger partial charge in [-0.05, 0) is 31.3 Å². The quantitative estimate of drug-likeness (QED) is 0.451. The van der Waals surface area contributed by atoms with Crippen LogP contribution in [-0.4, -0.2) is 7.11 Å². The van der Waals surface area contributed by atoms with Crippen molar-refractivity contribution in [2.24, 2.45) is 11.8 Å². The Labute approximate surface area is 76.1 Å². The van der Waals surface area contributed by atoms with E-state index in [1.165, 1.54) is 0 Å². The van der Waals surface area contributed by atoms with Gasteiger partial charge in [0.2, 0.25) is 0 Å². The Bertz CT molecular complexity index is 158. The molecule has 0 saturated heterocycles. The Balaban J connectivity index is 3.84. The maximum atomic E-state index is 5.05. The fourth-order valence-corrected chi connectivity index (χ4v) is 0.882. The second-order valence-electron chi connectivity index (χ2n) is 3.33. The van der Waals surface area contributed by atoms with E-state index in [0.717, 1.165) is 12.2 Å². The van der Waals surface area contributed by atoms with E-state index in [2.05, 4.69) is 26.5 Å². The maximum absolute atomic E-state index is 5.05. The van der Waals surface area contributed by atoms with Crippen LogP contribution >= 0.6 is 0 Å². The lowest BCUT2D eigenvalue weighted by Gasteiger charge is -2.13. The number of allylic oxidation sites excluding steroid dienone is 3. The van der Waals surface area contributed by atoms with Crippen molar-refractivity contribution in [1.82, 2.24) is 0 Å². The molecule has 0 fully saturated rings. The number of methoxy groups -OCH3 is 1. The molecule has 1 nitrogen and oxygen atoms in total. The minimum Gasteiger partial charge on any atom is -0.502 e. The lowest BCUT2D eigenvalue weighted by atomic mass is 9.93. The molecule has 0 aliphatic heterocycles. The van der Waals surface area contributed by atoms with E-state index in [4.69, 9.17) is 4.74 Å². The third-order valence-electron chi connectivity index (χ3n) is 2.37. The van der Waals surface area contributed by atoms with E-state index in [-0.39, 0.29) is 0 Å². The molecule has 0 N–H and O–H groups in total. The number of rotatable bonds is 5. The normalized spacial score (nSPS) is 16.8. The van der Waals surface area contributed by atoms with Crippen LogP contribution < -0.4 is 0 Å². The van der Waals surface area contributed by atoms with Crippen LogP contribution in [0.3, 0.4) is 0 Å². The first kappa shape index (κ1) is 11.3. The molecule has 0 bridgehead atoms. The van der Waals surface area contributed by atoms with E-state index < -0.39 is 0 Å². The summed E-state index contributed by atoms with van der Waals surface area (Å²) in [6, 6.07) is 0. The van der Waals surface area contributed by atoms with E-state index in [1.54, 1.807) is 7.11 Å². The summed E-state index contributed by atoms with van der Waals surface area (Å²) in [6.45, 7) is 10.2. The number of ether oxygens (including phenoxy) is 1. The van der Waals surface area contributed by atoms with Crippen molar-refractivity contribution < 1.29 is 4.74 Å². The van der Waals surface area contributed by atoms with Gasteiger partial charge in [0.15, 0.2) is 0 Å². The third kappa shape index (κ3) is 4.22. The average molecular weight is 168 g/mol. The smallest absolute Gasteiger partial charge is 0.0884 e. The maximum Gasteiger partial charge on any atom is 0.0884 e. The summed E-state index contributed by atoms with van der Waals surface area (Å²) in [7, 11) is 1.70. The number of hydrogen-bond donors (Lipinski definition) is 0. The molecule has 2 unspecified atom stereocenters. The fraction of sp³-hybridized carbons (Fsp3) is 0.636. The molecular formula is C11H20O. The molecule has 2 atom stereocenters. The van der Waals surface area contributed by atoms with Crippen molar-refractivity contribution in [2.75, 3.05) is 7.11 Å². The van der Waals surface area contributed by atoms with Gasteiger partial charge >= 0.3 is 0 Å². The molecule has 0 saturated carbocycles. The molecule has 0 aromatic heterocycles. The van der Waals surface area contributed by atoms with Gasteiger partial charge in [0.05, 0.1) is 12.9 Å². The molecular weight excluding hydrogens is 148 g/mol. The van der Waals surface area contributed by atoms with Crippen molar-refractivity contribution in [1.29, 1.82) is 0 Å². The van der Waals surface area contributed by atoms with Crippen LogP contribution in [0.2, 0.25) is 0 Å². The number of hydrogen-bond acceptors (Lipinski definition) is 1. The summed E-state index contributed by atoms with van der Waals surface area (Å²) < 4.78 is 5.05. The highest BCUT2D eigenvalue weighted by Crippen LogP contribution is 2.16. The summed E-state index contributed by atoms with van der Waals surface area (Å²) in [4.78, 5) is 0. The lowest BCUT2D eigenvalue weighted by molar-refractivity contribution is 0.289. The summed E-state index contributed by atoms with van der Waals surface area (Å²) >= 11 is 0. The molecule has 0 rings (SSSR count). The van der Waals surface area contributed by atoms with Gasteiger partial charge in [0.25, 0.3) is 0 Å². The summed E-state index contributed by atoms with van der Waals surface area (Å²) in [5.74, 6) is 2.22. The van der Waals surface area contributed by atoms with Crippen molar-refractivity contribution in [3.63, 3.8) is 0 Å². The van der Waals surface area contributed by atoms with Gasteiger partial charge in [0.1, 0.15) is 0 Å². The second kappa shape index (κ2) is 5.87. The first-order chi connectivity index (χ1) is 5.61. The first-order valence-corrected chi connectivity index (χ1v) is 4.45. The molecule has 0 amide bonds. The highest BCUT2D eigenvalue weighted by molar-refractivity contribution is 4.91. The molecule has 0 spiro atoms. The minimum absolute atomic E-state index is 0.575. The molecule has 70 valence electrons. The van der Waals surface area contributed by atoms with Crippen LogP contribution in [0.4, 0.5) is 0 Å². The first-order valence-electron chi connectivity index (χ1n) is 4.45. The highest BCUT2D eigenvalue weighted by Gasteiger charge is 2.06. The van der Waals surface area contributed by atoms with Gasteiger partial charge in [-0.15, -0.1) is 6.58 Å². The zero-order valence-corrected chi connectivity index (χ0v) is 8.63. The SMILES string of the molecule is C=CC(C)C(C)CC=C(C)OC. The predicted octanol–water partition coefficient (Wildman–Crippen LogP) is 3.38. The molecule has 12 heavy (non-hydrogen) atoms. The fourth-order valence-electron chi connectivity index (χ4n) is 0.882. The van der Waals surface area contributed by atoms with Crippen LogP contribution in [0, 0.1) is 11.8 Å². The van der Waals surface area contributed by atoms with Gasteiger partial charge < -0.3 is 4.74 Å². The summed E-state index contributed by atoms with van der Waals surface area (Å²) in [5, 5.41) is 0. The van der Waals surface area contributed by atoms with E-state index in [0.29, 0.717) is 11.8 Å². The Morgan fingerprint density at radius 2 is 2.08 bits per heavy atom. The van der Waals surface area contributed by atoms with Gasteiger partial charge in [0, 0.05) is 0 Å². The third-order valence-corrected chi connectivity index (χ3v) is 2.37. The standard InChI is InChI=1S/C11H20O/c1-6-9(2)10(3)7-8-11(4)12-5/h6,8-10H,1,7H2,2-5H3. The topological polar surface area (TPSA) is 9.23 Å². The van der Waals surface area contributed by atoms with Crippen LogP contribution in [0.15, 0.2) is 24.5 Å². The zero-order chi connectivity index (χ0) is 9.56. The van der Waals surface area contributed by atoms with Gasteiger partial charge in [-0.25, -0.2) is 0 Å². The van der Waals surface area contributed by atoms with Crippen molar-refractivity contribution in [3.05, 3.63) is 24.5 Å². The van der Waals surface area contributed by atoms with E-state index in [1.807, 2.05) is 13.0 Å². The molecule has 0 aliphatic rings. The van der Waals surface area contributed by atoms with Gasteiger partial charge in [-0.3, -0.25) is 0 Å². The Morgan fingerprint density at radius 3 is 2.50 bits per heavy atom. The molecule has 0 aromatic carbocycles. The zero-order valence-electron chi connectivity index (χ0n) is 8.63. The van der Waals surface area contributed by atoms with Crippen LogP contribution in [0.5, 0.6) is 0 Å². The summed E-state index contributed by atoms with van der Waals surface area (Å²) in [5.41, 5.74) is 0. The average Bonchev–Trinajstić information content (AvgIpc) is 2.11. The van der Waals surface area contributed by atoms with Crippen LogP contribution in [0.25, 0.3) is 0 Å². The van der Waals surface area contributed by atoms with Crippen molar-refractivity contribution in [2.45, 2.75) is 27.2 Å². The van der Waals surface area contributed by atoms with E-state index >= 15 is 0 Å². The van der Waals surface area contributed by atoms with Crippen LogP contribution in [-0.2, 0) is 4.74 Å². The van der Waals surface area contributed by atoms with Crippen molar-refractivity contribution in [3.8, 4) is 0 Å². The van der Waals surface area contributed by atoms with Crippen LogP contribution in [0.1, 0.15) is 27.2 Å². The molecule has 0 radical (unpaired) electrons. The Morgan fingerprint density at radius 1 is 1.50 bits per heavy atom. The minimum atomic E-state index is 0.575. The largest absolute Gasteiger partial charge is 0.502 e. The monoisotopic (exact) mass is 168 g/mol. The lowest BCUT2D eigenvalue weighted by Crippen LogP contribution is -2.03. The Hall–Kier alpha value is -0.720. The van der Waals surface area contributed by atoms with Gasteiger partial charge in [-0.1, -0.05) is 19.9 Å². The molecule has 0 aliphatic carbocycles. The second-order valence-corrected chi connectivity index (χ2v) is 3.33. The highest BCUT2D eigenvalue weighted by atomic mass is 16.5. The Kier molecular flexibility index (Phi) is 5.52. The molecule has 1 heteroatoms. The summed E-state index contributed by atoms with van der Waals surface area (Å²) in [6.07, 6.45) is 5.19. The predicted molar refractivity (Wildman–Crippen MR) is 53.9 cm³/mol. The van der Waals surface area contributed by atoms with Crippen molar-refractivity contribution >= 4 is 0 Å². The molecule has 0 aromatic rings. The molecule has 0 heterocycles. The van der Waals surface area contributed by atoms with E-state index in [9.17, 15) is 0 Å². The van der Waals surface area contributed by atoms with Gasteiger partial charge in [-0.2, -0.15) is 0 Å².